The molecular formula is C25H29ClF2N6O4. The molecular weight excluding hydrogens is 522 g/mol. The van der Waals surface area contributed by atoms with Crippen molar-refractivity contribution in [2.45, 2.75) is 50.7 Å². The highest BCUT2D eigenvalue weighted by molar-refractivity contribution is 6.35. The second-order valence-electron chi connectivity index (χ2n) is 8.93. The van der Waals surface area contributed by atoms with Crippen LogP contribution in [0.3, 0.4) is 0 Å². The topological polar surface area (TPSA) is 109 Å². The van der Waals surface area contributed by atoms with Gasteiger partial charge in [-0.15, -0.1) is 0 Å². The first-order valence-corrected chi connectivity index (χ1v) is 12.5. The van der Waals surface area contributed by atoms with Crippen LogP contribution in [0.1, 0.15) is 31.2 Å². The second kappa shape index (κ2) is 11.8. The van der Waals surface area contributed by atoms with Gasteiger partial charge in [0.2, 0.25) is 11.9 Å². The molecule has 3 amide bonds. The number of methoxy groups -OCH3 is 2. The second-order valence-corrected chi connectivity index (χ2v) is 9.31. The summed E-state index contributed by atoms with van der Waals surface area (Å²) in [6.45, 7) is 2.61. The van der Waals surface area contributed by atoms with Crippen LogP contribution < -0.4 is 29.9 Å². The van der Waals surface area contributed by atoms with Gasteiger partial charge < -0.3 is 20.1 Å². The molecule has 1 aromatic heterocycles. The molecule has 0 spiro atoms. The fourth-order valence-corrected chi connectivity index (χ4v) is 4.97. The maximum Gasteiger partial charge on any atom is 0.330 e. The number of hydrogen-bond donors (Lipinski definition) is 2. The van der Waals surface area contributed by atoms with Crippen LogP contribution >= 0.6 is 11.6 Å². The Morgan fingerprint density at radius 1 is 1.26 bits per heavy atom. The molecule has 2 heterocycles. The van der Waals surface area contributed by atoms with Crippen LogP contribution in [0.5, 0.6) is 11.5 Å². The lowest BCUT2D eigenvalue weighted by Crippen LogP contribution is -2.50. The van der Waals surface area contributed by atoms with Crippen LogP contribution in [0.4, 0.5) is 31.0 Å². The Morgan fingerprint density at radius 3 is 2.66 bits per heavy atom. The summed E-state index contributed by atoms with van der Waals surface area (Å²) in [4.78, 5) is 36.4. The first-order valence-electron chi connectivity index (χ1n) is 12.1. The van der Waals surface area contributed by atoms with Crippen LogP contribution in [-0.4, -0.2) is 61.2 Å². The summed E-state index contributed by atoms with van der Waals surface area (Å²) in [6.07, 6.45) is 3.31. The molecule has 2 aliphatic rings. The fraction of sp³-hybridized carbons (Fsp3) is 0.440. The maximum absolute atomic E-state index is 13.6. The number of nitrogens with one attached hydrogen (secondary N) is 2. The van der Waals surface area contributed by atoms with E-state index in [1.54, 1.807) is 6.07 Å². The molecule has 2 atom stereocenters. The van der Waals surface area contributed by atoms with E-state index in [4.69, 9.17) is 21.1 Å². The molecule has 2 unspecified atom stereocenters. The number of ether oxygens (including phenoxy) is 2. The molecule has 1 aliphatic carbocycles. The zero-order chi connectivity index (χ0) is 27.4. The molecule has 38 heavy (non-hydrogen) atoms. The number of urea groups is 1. The molecule has 0 radical (unpaired) electrons. The van der Waals surface area contributed by atoms with Gasteiger partial charge in [0.15, 0.2) is 0 Å². The van der Waals surface area contributed by atoms with Gasteiger partial charge in [-0.05, 0) is 18.9 Å². The van der Waals surface area contributed by atoms with E-state index in [2.05, 4.69) is 27.2 Å². The molecule has 4 rings (SSSR count). The molecule has 1 aromatic carbocycles. The van der Waals surface area contributed by atoms with Crippen molar-refractivity contribution >= 4 is 41.0 Å². The Balaban J connectivity index is 1.67. The van der Waals surface area contributed by atoms with E-state index >= 15 is 0 Å². The number of amides is 3. The van der Waals surface area contributed by atoms with Gasteiger partial charge >= 0.3 is 6.03 Å². The fourth-order valence-electron chi connectivity index (χ4n) is 4.68. The molecule has 0 saturated heterocycles. The minimum Gasteiger partial charge on any atom is -0.497 e. The number of hydrogen-bond acceptors (Lipinski definition) is 7. The number of carbonyl (C=O) groups is 2. The molecule has 1 saturated carbocycles. The van der Waals surface area contributed by atoms with E-state index in [9.17, 15) is 18.4 Å². The van der Waals surface area contributed by atoms with Crippen molar-refractivity contribution in [2.24, 2.45) is 0 Å². The summed E-state index contributed by atoms with van der Waals surface area (Å²) in [7, 11) is 2.87. The molecule has 1 aliphatic heterocycles. The van der Waals surface area contributed by atoms with E-state index in [1.807, 2.05) is 0 Å². The monoisotopic (exact) mass is 550 g/mol. The van der Waals surface area contributed by atoms with Crippen LogP contribution in [0.25, 0.3) is 0 Å². The molecule has 2 N–H and O–H groups in total. The van der Waals surface area contributed by atoms with Gasteiger partial charge in [-0.25, -0.2) is 18.6 Å². The van der Waals surface area contributed by atoms with Crippen molar-refractivity contribution in [3.05, 3.63) is 41.6 Å². The number of rotatable bonds is 9. The highest BCUT2D eigenvalue weighted by atomic mass is 35.5. The lowest BCUT2D eigenvalue weighted by molar-refractivity contribution is -0.117. The minimum atomic E-state index is -2.81. The number of nitrogens with zero attached hydrogens (tertiary/aromatic N) is 4. The number of anilines is 3. The third-order valence-corrected chi connectivity index (χ3v) is 6.92. The Morgan fingerprint density at radius 2 is 2.00 bits per heavy atom. The summed E-state index contributed by atoms with van der Waals surface area (Å²) < 4.78 is 37.8. The minimum absolute atomic E-state index is 0.00826. The Kier molecular flexibility index (Phi) is 8.50. The van der Waals surface area contributed by atoms with Crippen LogP contribution in [-0.2, 0) is 11.3 Å². The van der Waals surface area contributed by atoms with Crippen LogP contribution in [0.2, 0.25) is 5.02 Å². The van der Waals surface area contributed by atoms with E-state index in [0.717, 1.165) is 30.6 Å². The van der Waals surface area contributed by atoms with Crippen LogP contribution in [0.15, 0.2) is 31.0 Å². The molecule has 13 heteroatoms. The first kappa shape index (κ1) is 27.4. The predicted octanol–water partition coefficient (Wildman–Crippen LogP) is 4.38. The molecule has 1 fully saturated rings. The maximum atomic E-state index is 13.6. The summed E-state index contributed by atoms with van der Waals surface area (Å²) >= 11 is 6.49. The summed E-state index contributed by atoms with van der Waals surface area (Å²) in [6, 6.07) is 2.02. The number of fused-ring (bicyclic) bond motifs is 1. The molecule has 10 nitrogen and oxygen atoms in total. The lowest BCUT2D eigenvalue weighted by Gasteiger charge is -2.37. The smallest absolute Gasteiger partial charge is 0.330 e. The highest BCUT2D eigenvalue weighted by Gasteiger charge is 2.37. The summed E-state index contributed by atoms with van der Waals surface area (Å²) in [5.41, 5.74) is 0.691. The normalized spacial score (nSPS) is 19.2. The first-order chi connectivity index (χ1) is 18.2. The molecule has 0 bridgehead atoms. The highest BCUT2D eigenvalue weighted by Crippen LogP contribution is 2.42. The quantitative estimate of drug-likeness (QED) is 0.446. The SMILES string of the molecule is C=CC(=O)NC1CCCCC1Nc1ncc2c(n1)N(CC(F)F)C(=O)N(c1cc(OC)cc(OC)c1Cl)C2. The van der Waals surface area contributed by atoms with Gasteiger partial charge in [-0.3, -0.25) is 14.6 Å². The van der Waals surface area contributed by atoms with Crippen molar-refractivity contribution in [2.75, 3.05) is 35.9 Å². The van der Waals surface area contributed by atoms with Gasteiger partial charge in [0.1, 0.15) is 22.3 Å². The number of aromatic nitrogens is 2. The van der Waals surface area contributed by atoms with Crippen molar-refractivity contribution in [1.82, 2.24) is 15.3 Å². The Hall–Kier alpha value is -3.67. The molecule has 2 aromatic rings. The number of alkyl halides is 2. The van der Waals surface area contributed by atoms with Crippen molar-refractivity contribution < 1.29 is 27.8 Å². The Bertz CT molecular complexity index is 1220. The van der Waals surface area contributed by atoms with E-state index in [-0.39, 0.29) is 52.8 Å². The summed E-state index contributed by atoms with van der Waals surface area (Å²) in [5.74, 6) is 0.618. The zero-order valence-corrected chi connectivity index (χ0v) is 21.8. The van der Waals surface area contributed by atoms with Gasteiger partial charge in [-0.2, -0.15) is 4.98 Å². The Labute approximate surface area is 224 Å². The van der Waals surface area contributed by atoms with Crippen molar-refractivity contribution in [3.63, 3.8) is 0 Å². The van der Waals surface area contributed by atoms with E-state index in [1.165, 1.54) is 37.5 Å². The van der Waals surface area contributed by atoms with E-state index in [0.29, 0.717) is 11.3 Å². The largest absolute Gasteiger partial charge is 0.497 e. The lowest BCUT2D eigenvalue weighted by atomic mass is 9.90. The van der Waals surface area contributed by atoms with Gasteiger partial charge in [0, 0.05) is 36.0 Å². The standard InChI is InChI=1S/C25H29ClF2N6O4/c1-4-21(35)30-16-7-5-6-8-17(16)31-24-29-11-14-12-33(25(36)34(13-20(27)28)23(14)32-24)18-9-15(37-2)10-19(38-3)22(18)26/h4,9-11,16-17,20H,1,5-8,12-13H2,2-3H3,(H,30,35)(H,29,31,32). The number of halogens is 3. The predicted molar refractivity (Wildman–Crippen MR) is 140 cm³/mol. The summed E-state index contributed by atoms with van der Waals surface area (Å²) in [5, 5.41) is 6.26. The van der Waals surface area contributed by atoms with Crippen LogP contribution in [0, 0.1) is 0 Å². The van der Waals surface area contributed by atoms with Crippen molar-refractivity contribution in [1.29, 1.82) is 0 Å². The molecule has 204 valence electrons. The third-order valence-electron chi connectivity index (χ3n) is 6.54. The third kappa shape index (κ3) is 5.74. The van der Waals surface area contributed by atoms with Gasteiger partial charge in [0.05, 0.1) is 33.0 Å². The number of benzene rings is 1. The van der Waals surface area contributed by atoms with Crippen molar-refractivity contribution in [3.8, 4) is 11.5 Å². The van der Waals surface area contributed by atoms with Gasteiger partial charge in [0.25, 0.3) is 6.43 Å². The van der Waals surface area contributed by atoms with Gasteiger partial charge in [-0.1, -0.05) is 31.0 Å². The number of carbonyl (C=O) groups excluding carboxylic acids is 2. The average Bonchev–Trinajstić information content (AvgIpc) is 2.91. The van der Waals surface area contributed by atoms with E-state index < -0.39 is 19.0 Å². The zero-order valence-electron chi connectivity index (χ0n) is 21.0. The average molecular weight is 551 g/mol.